The molecule has 2 saturated carbocycles. The standard InChI is InChI=1S/C20H34O4/c1-15-9-3-5-11-17(15)23-19(21)13-7-8-14-20(22)24-18-12-6-4-10-16(18)2/h15-18H,3-14H2,1-2H3. The van der Waals surface area contributed by atoms with Gasteiger partial charge in [-0.2, -0.15) is 0 Å². The molecule has 2 aliphatic rings. The fourth-order valence-electron chi connectivity index (χ4n) is 3.91. The van der Waals surface area contributed by atoms with Crippen LogP contribution < -0.4 is 0 Å². The third kappa shape index (κ3) is 6.45. The molecule has 0 bridgehead atoms. The maximum Gasteiger partial charge on any atom is 0.306 e. The van der Waals surface area contributed by atoms with Gasteiger partial charge in [-0.1, -0.05) is 26.7 Å². The van der Waals surface area contributed by atoms with Crippen molar-refractivity contribution in [3.05, 3.63) is 0 Å². The van der Waals surface area contributed by atoms with Crippen molar-refractivity contribution in [1.82, 2.24) is 0 Å². The van der Waals surface area contributed by atoms with Crippen LogP contribution in [0, 0.1) is 11.8 Å². The Balaban J connectivity index is 1.55. The summed E-state index contributed by atoms with van der Waals surface area (Å²) in [4.78, 5) is 23.8. The van der Waals surface area contributed by atoms with Gasteiger partial charge in [-0.3, -0.25) is 9.59 Å². The van der Waals surface area contributed by atoms with Crippen LogP contribution in [0.15, 0.2) is 0 Å². The smallest absolute Gasteiger partial charge is 0.306 e. The first-order chi connectivity index (χ1) is 11.6. The van der Waals surface area contributed by atoms with Gasteiger partial charge in [-0.05, 0) is 63.2 Å². The zero-order chi connectivity index (χ0) is 17.4. The quantitative estimate of drug-likeness (QED) is 0.495. The molecule has 0 aromatic rings. The Morgan fingerprint density at radius 2 is 1.08 bits per heavy atom. The zero-order valence-electron chi connectivity index (χ0n) is 15.4. The minimum atomic E-state index is -0.108. The lowest BCUT2D eigenvalue weighted by Gasteiger charge is -2.28. The van der Waals surface area contributed by atoms with E-state index in [9.17, 15) is 9.59 Å². The van der Waals surface area contributed by atoms with E-state index in [0.29, 0.717) is 37.5 Å². The molecule has 24 heavy (non-hydrogen) atoms. The molecule has 0 aromatic heterocycles. The highest BCUT2D eigenvalue weighted by Crippen LogP contribution is 2.27. The van der Waals surface area contributed by atoms with E-state index in [4.69, 9.17) is 9.47 Å². The lowest BCUT2D eigenvalue weighted by atomic mass is 9.88. The summed E-state index contributed by atoms with van der Waals surface area (Å²) in [5, 5.41) is 0. The molecule has 0 N–H and O–H groups in total. The van der Waals surface area contributed by atoms with Crippen LogP contribution >= 0.6 is 0 Å². The van der Waals surface area contributed by atoms with Gasteiger partial charge in [-0.25, -0.2) is 0 Å². The third-order valence-electron chi connectivity index (χ3n) is 5.64. The van der Waals surface area contributed by atoms with Gasteiger partial charge in [0.15, 0.2) is 0 Å². The van der Waals surface area contributed by atoms with E-state index in [-0.39, 0.29) is 24.1 Å². The number of hydrogen-bond acceptors (Lipinski definition) is 4. The lowest BCUT2D eigenvalue weighted by molar-refractivity contribution is -0.155. The molecule has 4 nitrogen and oxygen atoms in total. The van der Waals surface area contributed by atoms with Crippen LogP contribution in [0.25, 0.3) is 0 Å². The first kappa shape index (κ1) is 19.3. The number of carbonyl (C=O) groups excluding carboxylic acids is 2. The van der Waals surface area contributed by atoms with Gasteiger partial charge < -0.3 is 9.47 Å². The van der Waals surface area contributed by atoms with E-state index in [2.05, 4.69) is 13.8 Å². The predicted molar refractivity (Wildman–Crippen MR) is 93.5 cm³/mol. The van der Waals surface area contributed by atoms with Crippen molar-refractivity contribution in [1.29, 1.82) is 0 Å². The summed E-state index contributed by atoms with van der Waals surface area (Å²) in [5.74, 6) is 0.747. The number of esters is 2. The molecule has 0 saturated heterocycles. The second-order valence-corrected chi connectivity index (χ2v) is 7.79. The zero-order valence-corrected chi connectivity index (χ0v) is 15.4. The van der Waals surface area contributed by atoms with Gasteiger partial charge in [0, 0.05) is 12.8 Å². The van der Waals surface area contributed by atoms with Crippen LogP contribution in [0.3, 0.4) is 0 Å². The Labute approximate surface area is 146 Å². The second kappa shape index (κ2) is 10.0. The first-order valence-corrected chi connectivity index (χ1v) is 9.95. The van der Waals surface area contributed by atoms with Crippen LogP contribution in [0.2, 0.25) is 0 Å². The van der Waals surface area contributed by atoms with Crippen LogP contribution in [-0.4, -0.2) is 24.1 Å². The maximum atomic E-state index is 11.9. The molecule has 4 unspecified atom stereocenters. The molecule has 4 atom stereocenters. The normalized spacial score (nSPS) is 30.6. The maximum absolute atomic E-state index is 11.9. The molecular formula is C20H34O4. The van der Waals surface area contributed by atoms with Crippen molar-refractivity contribution in [2.45, 2.75) is 103 Å². The molecule has 0 radical (unpaired) electrons. The summed E-state index contributed by atoms with van der Waals surface area (Å²) in [6.45, 7) is 4.33. The topological polar surface area (TPSA) is 52.6 Å². The van der Waals surface area contributed by atoms with Gasteiger partial charge in [-0.15, -0.1) is 0 Å². The molecule has 0 heterocycles. The molecule has 2 fully saturated rings. The summed E-state index contributed by atoms with van der Waals surface area (Å²) in [6.07, 6.45) is 11.6. The Morgan fingerprint density at radius 1 is 0.708 bits per heavy atom. The Kier molecular flexibility index (Phi) is 8.07. The van der Waals surface area contributed by atoms with Gasteiger partial charge >= 0.3 is 11.9 Å². The van der Waals surface area contributed by atoms with E-state index >= 15 is 0 Å². The van der Waals surface area contributed by atoms with Crippen molar-refractivity contribution < 1.29 is 19.1 Å². The molecular weight excluding hydrogens is 304 g/mol. The van der Waals surface area contributed by atoms with Crippen molar-refractivity contribution >= 4 is 11.9 Å². The molecule has 0 aliphatic heterocycles. The largest absolute Gasteiger partial charge is 0.462 e. The van der Waals surface area contributed by atoms with Gasteiger partial charge in [0.1, 0.15) is 12.2 Å². The third-order valence-corrected chi connectivity index (χ3v) is 5.64. The van der Waals surface area contributed by atoms with Crippen molar-refractivity contribution in [2.24, 2.45) is 11.8 Å². The van der Waals surface area contributed by atoms with E-state index in [1.54, 1.807) is 0 Å². The average Bonchev–Trinajstić information content (AvgIpc) is 2.56. The molecule has 138 valence electrons. The van der Waals surface area contributed by atoms with Crippen LogP contribution in [0.1, 0.15) is 90.9 Å². The molecule has 0 amide bonds. The summed E-state index contributed by atoms with van der Waals surface area (Å²) in [5.41, 5.74) is 0. The fraction of sp³-hybridized carbons (Fsp3) is 0.900. The van der Waals surface area contributed by atoms with Crippen LogP contribution in [0.5, 0.6) is 0 Å². The second-order valence-electron chi connectivity index (χ2n) is 7.79. The number of ether oxygens (including phenoxy) is 2. The van der Waals surface area contributed by atoms with E-state index < -0.39 is 0 Å². The Bertz CT molecular complexity index is 368. The number of unbranched alkanes of at least 4 members (excludes halogenated alkanes) is 1. The summed E-state index contributed by atoms with van der Waals surface area (Å²) >= 11 is 0. The lowest BCUT2D eigenvalue weighted by Crippen LogP contribution is -2.28. The Hall–Kier alpha value is -1.06. The van der Waals surface area contributed by atoms with E-state index in [0.717, 1.165) is 38.5 Å². The predicted octanol–water partition coefficient (Wildman–Crippen LogP) is 4.79. The molecule has 0 aromatic carbocycles. The molecule has 0 spiro atoms. The van der Waals surface area contributed by atoms with Crippen molar-refractivity contribution in [3.63, 3.8) is 0 Å². The average molecular weight is 338 g/mol. The van der Waals surface area contributed by atoms with Gasteiger partial charge in [0.05, 0.1) is 0 Å². The summed E-state index contributed by atoms with van der Waals surface area (Å²) in [6, 6.07) is 0. The first-order valence-electron chi connectivity index (χ1n) is 9.95. The molecule has 2 rings (SSSR count). The minimum absolute atomic E-state index is 0.101. The SMILES string of the molecule is CC1CCCCC1OC(=O)CCCCC(=O)OC1CCCCC1C. The monoisotopic (exact) mass is 338 g/mol. The highest BCUT2D eigenvalue weighted by atomic mass is 16.5. The van der Waals surface area contributed by atoms with Gasteiger partial charge in [0.2, 0.25) is 0 Å². The molecule has 2 aliphatic carbocycles. The molecule has 4 heteroatoms. The summed E-state index contributed by atoms with van der Waals surface area (Å²) < 4.78 is 11.2. The highest BCUT2D eigenvalue weighted by Gasteiger charge is 2.25. The van der Waals surface area contributed by atoms with E-state index in [1.807, 2.05) is 0 Å². The summed E-state index contributed by atoms with van der Waals surface area (Å²) in [7, 11) is 0. The number of carbonyl (C=O) groups is 2. The van der Waals surface area contributed by atoms with Crippen molar-refractivity contribution in [3.8, 4) is 0 Å². The highest BCUT2D eigenvalue weighted by molar-refractivity contribution is 5.70. The number of rotatable bonds is 7. The van der Waals surface area contributed by atoms with E-state index in [1.165, 1.54) is 12.8 Å². The minimum Gasteiger partial charge on any atom is -0.462 e. The number of hydrogen-bond donors (Lipinski definition) is 0. The van der Waals surface area contributed by atoms with Crippen molar-refractivity contribution in [2.75, 3.05) is 0 Å². The Morgan fingerprint density at radius 3 is 1.46 bits per heavy atom. The van der Waals surface area contributed by atoms with Gasteiger partial charge in [0.25, 0.3) is 0 Å². The fourth-order valence-corrected chi connectivity index (χ4v) is 3.91. The van der Waals surface area contributed by atoms with Crippen LogP contribution in [0.4, 0.5) is 0 Å². The van der Waals surface area contributed by atoms with Crippen LogP contribution in [-0.2, 0) is 19.1 Å².